The molecule has 0 bridgehead atoms. The Balaban J connectivity index is 1.95. The predicted octanol–water partition coefficient (Wildman–Crippen LogP) is 3.15. The van der Waals surface area contributed by atoms with E-state index in [0.29, 0.717) is 0 Å². The molecular weight excluding hydrogens is 280 g/mol. The molecule has 1 fully saturated rings. The summed E-state index contributed by atoms with van der Waals surface area (Å²) in [7, 11) is 3.33. The summed E-state index contributed by atoms with van der Waals surface area (Å²) in [6, 6.07) is 5.84. The van der Waals surface area contributed by atoms with Gasteiger partial charge in [0.05, 0.1) is 20.3 Å². The minimum Gasteiger partial charge on any atom is -0.496 e. The molecule has 22 heavy (non-hydrogen) atoms. The number of anilines is 1. The van der Waals surface area contributed by atoms with Gasteiger partial charge in [-0.1, -0.05) is 0 Å². The fraction of sp³-hybridized carbons (Fsp3) is 0.471. The van der Waals surface area contributed by atoms with Gasteiger partial charge in [-0.2, -0.15) is 0 Å². The van der Waals surface area contributed by atoms with Crippen molar-refractivity contribution in [2.45, 2.75) is 25.9 Å². The third-order valence-corrected chi connectivity index (χ3v) is 4.06. The Kier molecular flexibility index (Phi) is 4.34. The molecule has 1 aliphatic heterocycles. The van der Waals surface area contributed by atoms with E-state index in [-0.39, 0.29) is 6.10 Å². The van der Waals surface area contributed by atoms with Gasteiger partial charge in [0.25, 0.3) is 0 Å². The summed E-state index contributed by atoms with van der Waals surface area (Å²) >= 11 is 0. The molecular formula is C17H22N2O3. The number of hydrogen-bond acceptors (Lipinski definition) is 5. The zero-order valence-electron chi connectivity index (χ0n) is 13.3. The first-order chi connectivity index (χ1) is 10.7. The van der Waals surface area contributed by atoms with Crippen molar-refractivity contribution >= 4 is 16.7 Å². The molecule has 0 amide bonds. The number of methoxy groups -OCH3 is 2. The number of aromatic nitrogens is 1. The third-order valence-electron chi connectivity index (χ3n) is 4.06. The van der Waals surface area contributed by atoms with Crippen LogP contribution in [0.4, 0.5) is 5.82 Å². The molecule has 5 nitrogen and oxygen atoms in total. The monoisotopic (exact) mass is 302 g/mol. The molecule has 1 aliphatic rings. The Morgan fingerprint density at radius 1 is 1.27 bits per heavy atom. The van der Waals surface area contributed by atoms with Crippen molar-refractivity contribution in [1.29, 1.82) is 0 Å². The average Bonchev–Trinajstić information content (AvgIpc) is 3.05. The van der Waals surface area contributed by atoms with Gasteiger partial charge in [0, 0.05) is 18.5 Å². The molecule has 1 aromatic carbocycles. The molecule has 3 rings (SSSR count). The van der Waals surface area contributed by atoms with Crippen LogP contribution in [0.5, 0.6) is 11.5 Å². The molecule has 0 saturated carbocycles. The van der Waals surface area contributed by atoms with E-state index in [1.165, 1.54) is 0 Å². The van der Waals surface area contributed by atoms with Crippen molar-refractivity contribution in [3.63, 3.8) is 0 Å². The number of ether oxygens (including phenoxy) is 3. The van der Waals surface area contributed by atoms with Crippen molar-refractivity contribution < 1.29 is 14.2 Å². The molecule has 5 heteroatoms. The van der Waals surface area contributed by atoms with E-state index in [9.17, 15) is 0 Å². The van der Waals surface area contributed by atoms with Crippen LogP contribution < -0.4 is 14.8 Å². The summed E-state index contributed by atoms with van der Waals surface area (Å²) in [5.41, 5.74) is 1.92. The van der Waals surface area contributed by atoms with Crippen LogP contribution in [0.3, 0.4) is 0 Å². The topological polar surface area (TPSA) is 52.6 Å². The molecule has 0 radical (unpaired) electrons. The Labute approximate surface area is 130 Å². The minimum atomic E-state index is 0.282. The van der Waals surface area contributed by atoms with Crippen molar-refractivity contribution in [2.75, 3.05) is 32.7 Å². The second kappa shape index (κ2) is 6.40. The fourth-order valence-electron chi connectivity index (χ4n) is 2.92. The van der Waals surface area contributed by atoms with Gasteiger partial charge in [0.2, 0.25) is 0 Å². The normalized spacial score (nSPS) is 17.7. The maximum Gasteiger partial charge on any atom is 0.145 e. The van der Waals surface area contributed by atoms with Crippen LogP contribution in [0.15, 0.2) is 18.2 Å². The van der Waals surface area contributed by atoms with Crippen LogP contribution >= 0.6 is 0 Å². The first kappa shape index (κ1) is 14.9. The Hall–Kier alpha value is -2.01. The van der Waals surface area contributed by atoms with Gasteiger partial charge in [-0.05, 0) is 43.5 Å². The van der Waals surface area contributed by atoms with Gasteiger partial charge >= 0.3 is 0 Å². The van der Waals surface area contributed by atoms with Gasteiger partial charge in [-0.15, -0.1) is 0 Å². The number of benzene rings is 1. The van der Waals surface area contributed by atoms with Crippen molar-refractivity contribution in [3.8, 4) is 11.5 Å². The molecule has 2 aromatic rings. The summed E-state index contributed by atoms with van der Waals surface area (Å²) < 4.78 is 16.5. The molecule has 0 unspecified atom stereocenters. The Morgan fingerprint density at radius 3 is 2.73 bits per heavy atom. The maximum atomic E-state index is 5.64. The lowest BCUT2D eigenvalue weighted by Crippen LogP contribution is -2.19. The van der Waals surface area contributed by atoms with E-state index >= 15 is 0 Å². The first-order valence-corrected chi connectivity index (χ1v) is 7.60. The molecule has 0 aliphatic carbocycles. The zero-order valence-corrected chi connectivity index (χ0v) is 13.3. The Morgan fingerprint density at radius 2 is 2.05 bits per heavy atom. The van der Waals surface area contributed by atoms with Gasteiger partial charge in [-0.3, -0.25) is 0 Å². The molecule has 0 spiro atoms. The van der Waals surface area contributed by atoms with Gasteiger partial charge in [0.15, 0.2) is 0 Å². The minimum absolute atomic E-state index is 0.282. The number of nitrogens with zero attached hydrogens (tertiary/aromatic N) is 1. The first-order valence-electron chi connectivity index (χ1n) is 7.60. The highest BCUT2D eigenvalue weighted by Crippen LogP contribution is 2.35. The van der Waals surface area contributed by atoms with Crippen LogP contribution in [0.2, 0.25) is 0 Å². The number of pyridine rings is 1. The second-order valence-electron chi connectivity index (χ2n) is 5.53. The lowest BCUT2D eigenvalue weighted by molar-refractivity contribution is 0.120. The highest BCUT2D eigenvalue weighted by atomic mass is 16.5. The number of rotatable bonds is 5. The van der Waals surface area contributed by atoms with E-state index in [1.54, 1.807) is 14.2 Å². The summed E-state index contributed by atoms with van der Waals surface area (Å²) in [5, 5.41) is 4.37. The van der Waals surface area contributed by atoms with E-state index in [2.05, 4.69) is 12.2 Å². The lowest BCUT2D eigenvalue weighted by atomic mass is 10.1. The number of hydrogen-bond donors (Lipinski definition) is 1. The summed E-state index contributed by atoms with van der Waals surface area (Å²) in [4.78, 5) is 4.70. The van der Waals surface area contributed by atoms with Crippen molar-refractivity contribution in [1.82, 2.24) is 4.98 Å². The van der Waals surface area contributed by atoms with Crippen LogP contribution in [0.25, 0.3) is 10.9 Å². The molecule has 1 saturated heterocycles. The molecule has 1 N–H and O–H groups in total. The molecule has 1 aromatic heterocycles. The van der Waals surface area contributed by atoms with E-state index in [0.717, 1.165) is 59.8 Å². The van der Waals surface area contributed by atoms with Crippen LogP contribution in [0.1, 0.15) is 18.4 Å². The summed E-state index contributed by atoms with van der Waals surface area (Å²) in [6.45, 7) is 3.70. The molecule has 118 valence electrons. The maximum absolute atomic E-state index is 5.64. The van der Waals surface area contributed by atoms with E-state index in [1.807, 2.05) is 18.2 Å². The van der Waals surface area contributed by atoms with Gasteiger partial charge < -0.3 is 19.5 Å². The number of nitrogens with one attached hydrogen (secondary N) is 1. The predicted molar refractivity (Wildman–Crippen MR) is 87.0 cm³/mol. The van der Waals surface area contributed by atoms with Crippen LogP contribution in [0, 0.1) is 6.92 Å². The highest BCUT2D eigenvalue weighted by molar-refractivity contribution is 5.94. The third kappa shape index (κ3) is 2.81. The molecule has 2 heterocycles. The number of fused-ring (bicyclic) bond motifs is 1. The highest BCUT2D eigenvalue weighted by Gasteiger charge is 2.16. The largest absolute Gasteiger partial charge is 0.496 e. The van der Waals surface area contributed by atoms with Crippen LogP contribution in [-0.2, 0) is 4.74 Å². The average molecular weight is 302 g/mol. The van der Waals surface area contributed by atoms with Crippen LogP contribution in [-0.4, -0.2) is 38.5 Å². The van der Waals surface area contributed by atoms with Crippen molar-refractivity contribution in [2.24, 2.45) is 0 Å². The second-order valence-corrected chi connectivity index (χ2v) is 5.53. The summed E-state index contributed by atoms with van der Waals surface area (Å²) in [5.74, 6) is 2.40. The van der Waals surface area contributed by atoms with Gasteiger partial charge in [-0.25, -0.2) is 4.98 Å². The fourth-order valence-corrected chi connectivity index (χ4v) is 2.92. The smallest absolute Gasteiger partial charge is 0.145 e. The quantitative estimate of drug-likeness (QED) is 0.919. The van der Waals surface area contributed by atoms with Gasteiger partial charge in [0.1, 0.15) is 22.8 Å². The lowest BCUT2D eigenvalue weighted by Gasteiger charge is -2.15. The molecule has 1 atom stereocenters. The summed E-state index contributed by atoms with van der Waals surface area (Å²) in [6.07, 6.45) is 2.53. The number of aryl methyl sites for hydroxylation is 1. The van der Waals surface area contributed by atoms with E-state index < -0.39 is 0 Å². The van der Waals surface area contributed by atoms with Crippen molar-refractivity contribution in [3.05, 3.63) is 23.8 Å². The zero-order chi connectivity index (χ0) is 15.5. The Bertz CT molecular complexity index is 666. The SMILES string of the molecule is COc1ccc(OC)c2c(C)cc(NC[C@@H]3CCCO3)nc12. The standard InChI is InChI=1S/C17H22N2O3/c1-11-9-15(18-10-12-5-4-8-22-12)19-17-14(21-3)7-6-13(20-2)16(11)17/h6-7,9,12H,4-5,8,10H2,1-3H3,(H,18,19)/t12-/m0/s1. The van der Waals surface area contributed by atoms with E-state index in [4.69, 9.17) is 19.2 Å².